The molecule has 0 bridgehead atoms. The average Bonchev–Trinajstić information content (AvgIpc) is 3.19. The molecule has 0 saturated carbocycles. The van der Waals surface area contributed by atoms with Crippen LogP contribution in [0.1, 0.15) is 24.1 Å². The largest absolute Gasteiger partial charge is 0.354 e. The summed E-state index contributed by atoms with van der Waals surface area (Å²) in [6.45, 7) is 1.04. The van der Waals surface area contributed by atoms with Crippen molar-refractivity contribution in [2.75, 3.05) is 6.54 Å². The summed E-state index contributed by atoms with van der Waals surface area (Å²) >= 11 is 1.55. The molecule has 1 N–H and O–H groups in total. The third-order valence-corrected chi connectivity index (χ3v) is 4.63. The van der Waals surface area contributed by atoms with Crippen LogP contribution in [0.15, 0.2) is 41.2 Å². The zero-order valence-corrected chi connectivity index (χ0v) is 13.6. The quantitative estimate of drug-likeness (QED) is 0.881. The Bertz CT molecular complexity index is 658. The standard InChI is InChI=1S/C17H19N3O2S/c21-16-7-6-15(20(16)10-13-4-2-1-3-5-13)17(22)18-9-8-14-11-23-12-19-14/h1-5,11-12,15H,6-10H2,(H,18,22). The van der Waals surface area contributed by atoms with Gasteiger partial charge in [0.2, 0.25) is 11.8 Å². The van der Waals surface area contributed by atoms with Crippen molar-refractivity contribution >= 4 is 23.2 Å². The van der Waals surface area contributed by atoms with Gasteiger partial charge in [-0.1, -0.05) is 30.3 Å². The van der Waals surface area contributed by atoms with Crippen molar-refractivity contribution in [3.63, 3.8) is 0 Å². The van der Waals surface area contributed by atoms with Gasteiger partial charge in [-0.15, -0.1) is 11.3 Å². The molecule has 1 aliphatic rings. The van der Waals surface area contributed by atoms with E-state index in [2.05, 4.69) is 10.3 Å². The van der Waals surface area contributed by atoms with E-state index in [4.69, 9.17) is 0 Å². The summed E-state index contributed by atoms with van der Waals surface area (Å²) < 4.78 is 0. The summed E-state index contributed by atoms with van der Waals surface area (Å²) in [6.07, 6.45) is 1.75. The molecule has 1 fully saturated rings. The van der Waals surface area contributed by atoms with Crippen LogP contribution >= 0.6 is 11.3 Å². The number of hydrogen-bond donors (Lipinski definition) is 1. The first-order valence-corrected chi connectivity index (χ1v) is 8.66. The maximum absolute atomic E-state index is 12.4. The Hall–Kier alpha value is -2.21. The summed E-state index contributed by atoms with van der Waals surface area (Å²) in [5.74, 6) is -0.0180. The number of carbonyl (C=O) groups is 2. The topological polar surface area (TPSA) is 62.3 Å². The van der Waals surface area contributed by atoms with Crippen molar-refractivity contribution in [3.8, 4) is 0 Å². The van der Waals surface area contributed by atoms with Gasteiger partial charge in [-0.2, -0.15) is 0 Å². The molecule has 6 heteroatoms. The molecular formula is C17H19N3O2S. The molecule has 1 aromatic heterocycles. The summed E-state index contributed by atoms with van der Waals surface area (Å²) in [5.41, 5.74) is 3.82. The molecule has 1 saturated heterocycles. The molecule has 1 aliphatic heterocycles. The average molecular weight is 329 g/mol. The van der Waals surface area contributed by atoms with Gasteiger partial charge in [0.15, 0.2) is 0 Å². The van der Waals surface area contributed by atoms with Crippen LogP contribution in [-0.2, 0) is 22.6 Å². The number of carbonyl (C=O) groups excluding carboxylic acids is 2. The summed E-state index contributed by atoms with van der Waals surface area (Å²) in [5, 5.41) is 4.91. The molecule has 1 unspecified atom stereocenters. The van der Waals surface area contributed by atoms with E-state index in [1.54, 1.807) is 21.7 Å². The first kappa shape index (κ1) is 15.7. The molecule has 23 heavy (non-hydrogen) atoms. The van der Waals surface area contributed by atoms with E-state index in [-0.39, 0.29) is 17.9 Å². The lowest BCUT2D eigenvalue weighted by molar-refractivity contribution is -0.135. The van der Waals surface area contributed by atoms with Crippen LogP contribution in [0.25, 0.3) is 0 Å². The van der Waals surface area contributed by atoms with Crippen LogP contribution in [0, 0.1) is 0 Å². The SMILES string of the molecule is O=C(NCCc1cscn1)C1CCC(=O)N1Cc1ccccc1. The van der Waals surface area contributed by atoms with Gasteiger partial charge in [-0.25, -0.2) is 4.98 Å². The second-order valence-corrected chi connectivity index (χ2v) is 6.30. The van der Waals surface area contributed by atoms with Gasteiger partial charge in [0.25, 0.3) is 0 Å². The molecule has 1 atom stereocenters. The van der Waals surface area contributed by atoms with Gasteiger partial charge >= 0.3 is 0 Å². The molecule has 1 aromatic carbocycles. The molecule has 2 aromatic rings. The Morgan fingerprint density at radius 2 is 2.17 bits per heavy atom. The molecule has 2 heterocycles. The summed E-state index contributed by atoms with van der Waals surface area (Å²) in [4.78, 5) is 30.4. The highest BCUT2D eigenvalue weighted by Gasteiger charge is 2.35. The lowest BCUT2D eigenvalue weighted by Crippen LogP contribution is -2.44. The fourth-order valence-electron chi connectivity index (χ4n) is 2.78. The van der Waals surface area contributed by atoms with E-state index in [0.29, 0.717) is 32.4 Å². The number of thiazole rings is 1. The molecule has 0 aliphatic carbocycles. The van der Waals surface area contributed by atoms with Crippen molar-refractivity contribution in [1.29, 1.82) is 0 Å². The van der Waals surface area contributed by atoms with Crippen molar-refractivity contribution in [2.24, 2.45) is 0 Å². The van der Waals surface area contributed by atoms with Crippen LogP contribution < -0.4 is 5.32 Å². The highest BCUT2D eigenvalue weighted by molar-refractivity contribution is 7.07. The van der Waals surface area contributed by atoms with E-state index in [0.717, 1.165) is 11.3 Å². The number of hydrogen-bond acceptors (Lipinski definition) is 4. The Morgan fingerprint density at radius 1 is 1.35 bits per heavy atom. The zero-order valence-electron chi connectivity index (χ0n) is 12.8. The second kappa shape index (κ2) is 7.37. The number of likely N-dealkylation sites (tertiary alicyclic amines) is 1. The van der Waals surface area contributed by atoms with Gasteiger partial charge in [0.1, 0.15) is 6.04 Å². The van der Waals surface area contributed by atoms with Crippen LogP contribution in [0.2, 0.25) is 0 Å². The fourth-order valence-corrected chi connectivity index (χ4v) is 3.37. The van der Waals surface area contributed by atoms with Crippen LogP contribution in [0.4, 0.5) is 0 Å². The normalized spacial score (nSPS) is 17.5. The lowest BCUT2D eigenvalue weighted by atomic mass is 10.1. The Kier molecular flexibility index (Phi) is 5.02. The third-order valence-electron chi connectivity index (χ3n) is 3.99. The molecular weight excluding hydrogens is 310 g/mol. The van der Waals surface area contributed by atoms with Gasteiger partial charge < -0.3 is 10.2 Å². The molecule has 3 rings (SSSR count). The summed E-state index contributed by atoms with van der Waals surface area (Å²) in [6, 6.07) is 9.42. The van der Waals surface area contributed by atoms with Crippen molar-refractivity contribution < 1.29 is 9.59 Å². The lowest BCUT2D eigenvalue weighted by Gasteiger charge is -2.24. The predicted octanol–water partition coefficient (Wildman–Crippen LogP) is 1.99. The van der Waals surface area contributed by atoms with Crippen LogP contribution in [0.3, 0.4) is 0 Å². The second-order valence-electron chi connectivity index (χ2n) is 5.58. The third kappa shape index (κ3) is 3.96. The van der Waals surface area contributed by atoms with E-state index in [1.807, 2.05) is 35.7 Å². The van der Waals surface area contributed by atoms with E-state index in [9.17, 15) is 9.59 Å². The zero-order chi connectivity index (χ0) is 16.1. The molecule has 120 valence electrons. The van der Waals surface area contributed by atoms with E-state index < -0.39 is 0 Å². The number of rotatable bonds is 6. The monoisotopic (exact) mass is 329 g/mol. The minimum Gasteiger partial charge on any atom is -0.354 e. The van der Waals surface area contributed by atoms with Crippen LogP contribution in [-0.4, -0.2) is 34.3 Å². The van der Waals surface area contributed by atoms with E-state index >= 15 is 0 Å². The van der Waals surface area contributed by atoms with Gasteiger partial charge in [-0.3, -0.25) is 9.59 Å². The number of nitrogens with one attached hydrogen (secondary N) is 1. The minimum atomic E-state index is -0.363. The predicted molar refractivity (Wildman–Crippen MR) is 88.8 cm³/mol. The maximum atomic E-state index is 12.4. The minimum absolute atomic E-state index is 0.0495. The molecule has 5 nitrogen and oxygen atoms in total. The number of aromatic nitrogens is 1. The fraction of sp³-hybridized carbons (Fsp3) is 0.353. The highest BCUT2D eigenvalue weighted by Crippen LogP contribution is 2.21. The van der Waals surface area contributed by atoms with Gasteiger partial charge in [0, 0.05) is 31.3 Å². The highest BCUT2D eigenvalue weighted by atomic mass is 32.1. The first-order chi connectivity index (χ1) is 11.2. The van der Waals surface area contributed by atoms with Crippen LogP contribution in [0.5, 0.6) is 0 Å². The van der Waals surface area contributed by atoms with Crippen molar-refractivity contribution in [1.82, 2.24) is 15.2 Å². The first-order valence-electron chi connectivity index (χ1n) is 7.72. The van der Waals surface area contributed by atoms with Crippen molar-refractivity contribution in [3.05, 3.63) is 52.5 Å². The van der Waals surface area contributed by atoms with Gasteiger partial charge in [-0.05, 0) is 12.0 Å². The Morgan fingerprint density at radius 3 is 2.91 bits per heavy atom. The van der Waals surface area contributed by atoms with Crippen molar-refractivity contribution in [2.45, 2.75) is 31.8 Å². The Labute approximate surface area is 139 Å². The van der Waals surface area contributed by atoms with Gasteiger partial charge in [0.05, 0.1) is 11.2 Å². The van der Waals surface area contributed by atoms with E-state index in [1.165, 1.54) is 0 Å². The Balaban J connectivity index is 1.56. The molecule has 0 spiro atoms. The summed E-state index contributed by atoms with van der Waals surface area (Å²) in [7, 11) is 0. The molecule has 2 amide bonds. The number of nitrogens with zero attached hydrogens (tertiary/aromatic N) is 2. The molecule has 0 radical (unpaired) electrons. The number of amides is 2. The smallest absolute Gasteiger partial charge is 0.242 e. The maximum Gasteiger partial charge on any atom is 0.242 e. The number of benzene rings is 1.